The lowest BCUT2D eigenvalue weighted by Crippen LogP contribution is -2.44. The Labute approximate surface area is 138 Å². The van der Waals surface area contributed by atoms with E-state index in [0.29, 0.717) is 24.5 Å². The molecule has 1 fully saturated rings. The van der Waals surface area contributed by atoms with E-state index in [-0.39, 0.29) is 11.9 Å². The monoisotopic (exact) mass is 332 g/mol. The van der Waals surface area contributed by atoms with Crippen LogP contribution >= 0.6 is 0 Å². The number of benzene rings is 1. The molecule has 2 atom stereocenters. The number of nitrogens with zero attached hydrogens (tertiary/aromatic N) is 3. The summed E-state index contributed by atoms with van der Waals surface area (Å²) in [6, 6.07) is 4.57. The summed E-state index contributed by atoms with van der Waals surface area (Å²) in [6.07, 6.45) is 4.85. The Morgan fingerprint density at radius 2 is 2.04 bits per heavy atom. The molecule has 2 heterocycles. The Kier molecular flexibility index (Phi) is 4.69. The molecule has 0 saturated carbocycles. The second-order valence-corrected chi connectivity index (χ2v) is 5.80. The van der Waals surface area contributed by atoms with Gasteiger partial charge in [0.1, 0.15) is 6.04 Å². The summed E-state index contributed by atoms with van der Waals surface area (Å²) < 4.78 is 26.4. The molecular weight excluding hydrogens is 314 g/mol. The number of nitrogens with one attached hydrogen (secondary N) is 1. The van der Waals surface area contributed by atoms with Crippen LogP contribution in [-0.2, 0) is 4.79 Å². The van der Waals surface area contributed by atoms with Crippen molar-refractivity contribution in [2.75, 3.05) is 11.4 Å². The number of halogens is 2. The molecule has 1 aromatic carbocycles. The third-order valence-corrected chi connectivity index (χ3v) is 4.17. The summed E-state index contributed by atoms with van der Waals surface area (Å²) in [6.45, 7) is 2.45. The Morgan fingerprint density at radius 3 is 2.75 bits per heavy atom. The summed E-state index contributed by atoms with van der Waals surface area (Å²) in [4.78, 5) is 22.8. The highest BCUT2D eigenvalue weighted by molar-refractivity contribution is 5.85. The van der Waals surface area contributed by atoms with E-state index < -0.39 is 17.7 Å². The largest absolute Gasteiger partial charge is 0.348 e. The molecule has 1 aliphatic rings. The number of carbonyl (C=O) groups is 1. The van der Waals surface area contributed by atoms with Crippen molar-refractivity contribution in [3.8, 4) is 0 Å². The first-order valence-electron chi connectivity index (χ1n) is 7.85. The molecule has 0 spiro atoms. The number of rotatable bonds is 4. The highest BCUT2D eigenvalue weighted by Crippen LogP contribution is 2.23. The first kappa shape index (κ1) is 16.3. The highest BCUT2D eigenvalue weighted by Gasteiger charge is 2.33. The van der Waals surface area contributed by atoms with Crippen molar-refractivity contribution in [2.24, 2.45) is 0 Å². The van der Waals surface area contributed by atoms with Gasteiger partial charge in [0.2, 0.25) is 11.9 Å². The highest BCUT2D eigenvalue weighted by atomic mass is 19.2. The number of carbonyl (C=O) groups excluding carboxylic acids is 1. The van der Waals surface area contributed by atoms with E-state index in [2.05, 4.69) is 15.3 Å². The number of aromatic nitrogens is 2. The Bertz CT molecular complexity index is 726. The zero-order valence-electron chi connectivity index (χ0n) is 13.2. The Hall–Kier alpha value is -2.57. The molecule has 0 radical (unpaired) electrons. The van der Waals surface area contributed by atoms with E-state index in [1.165, 1.54) is 6.07 Å². The van der Waals surface area contributed by atoms with E-state index in [1.807, 2.05) is 4.90 Å². The third kappa shape index (κ3) is 3.34. The minimum atomic E-state index is -0.922. The number of anilines is 1. The van der Waals surface area contributed by atoms with Crippen LogP contribution in [0.2, 0.25) is 0 Å². The summed E-state index contributed by atoms with van der Waals surface area (Å²) in [5.74, 6) is -1.47. The zero-order valence-corrected chi connectivity index (χ0v) is 13.2. The second-order valence-electron chi connectivity index (χ2n) is 5.80. The normalized spacial score (nSPS) is 18.5. The first-order chi connectivity index (χ1) is 11.6. The van der Waals surface area contributed by atoms with Crippen molar-refractivity contribution in [1.82, 2.24) is 15.3 Å². The smallest absolute Gasteiger partial charge is 0.243 e. The molecule has 1 aromatic heterocycles. The Morgan fingerprint density at radius 1 is 1.29 bits per heavy atom. The standard InChI is InChI=1S/C17H18F2N4O/c1-11(12-5-6-13(18)14(19)10-12)22-16(24)15-4-2-9-23(15)17-20-7-3-8-21-17/h3,5-8,10-11,15H,2,4,9H2,1H3,(H,22,24)/t11-,15+/m1/s1. The molecule has 7 heteroatoms. The predicted molar refractivity (Wildman–Crippen MR) is 85.3 cm³/mol. The van der Waals surface area contributed by atoms with Crippen LogP contribution in [0.4, 0.5) is 14.7 Å². The Balaban J connectivity index is 1.70. The van der Waals surface area contributed by atoms with Crippen LogP contribution < -0.4 is 10.2 Å². The van der Waals surface area contributed by atoms with Crippen molar-refractivity contribution in [2.45, 2.75) is 31.8 Å². The number of hydrogen-bond donors (Lipinski definition) is 1. The van der Waals surface area contributed by atoms with E-state index >= 15 is 0 Å². The fourth-order valence-electron chi connectivity index (χ4n) is 2.89. The average molecular weight is 332 g/mol. The molecule has 1 N–H and O–H groups in total. The van der Waals surface area contributed by atoms with Gasteiger partial charge in [-0.2, -0.15) is 0 Å². The van der Waals surface area contributed by atoms with Crippen LogP contribution in [0.5, 0.6) is 0 Å². The van der Waals surface area contributed by atoms with E-state index in [9.17, 15) is 13.6 Å². The zero-order chi connectivity index (χ0) is 17.1. The predicted octanol–water partition coefficient (Wildman–Crippen LogP) is 2.60. The molecule has 126 valence electrons. The minimum absolute atomic E-state index is 0.169. The van der Waals surface area contributed by atoms with E-state index in [4.69, 9.17) is 0 Å². The van der Waals surface area contributed by atoms with Gasteiger partial charge in [-0.15, -0.1) is 0 Å². The third-order valence-electron chi connectivity index (χ3n) is 4.17. The van der Waals surface area contributed by atoms with Gasteiger partial charge >= 0.3 is 0 Å². The molecular formula is C17H18F2N4O. The van der Waals surface area contributed by atoms with Crippen LogP contribution in [0.25, 0.3) is 0 Å². The quantitative estimate of drug-likeness (QED) is 0.935. The van der Waals surface area contributed by atoms with Gasteiger partial charge in [-0.05, 0) is 43.5 Å². The minimum Gasteiger partial charge on any atom is -0.348 e. The van der Waals surface area contributed by atoms with E-state index in [1.54, 1.807) is 25.4 Å². The topological polar surface area (TPSA) is 58.1 Å². The SMILES string of the molecule is C[C@@H](NC(=O)[C@@H]1CCCN1c1ncccn1)c1ccc(F)c(F)c1. The summed E-state index contributed by atoms with van der Waals surface area (Å²) in [5.41, 5.74) is 0.516. The molecule has 1 amide bonds. The fourth-order valence-corrected chi connectivity index (χ4v) is 2.89. The first-order valence-corrected chi connectivity index (χ1v) is 7.85. The summed E-state index contributed by atoms with van der Waals surface area (Å²) in [5, 5.41) is 2.86. The van der Waals surface area contributed by atoms with Gasteiger partial charge in [0, 0.05) is 18.9 Å². The van der Waals surface area contributed by atoms with Crippen LogP contribution in [-0.4, -0.2) is 28.5 Å². The molecule has 0 bridgehead atoms. The van der Waals surface area contributed by atoms with Gasteiger partial charge in [-0.1, -0.05) is 6.07 Å². The van der Waals surface area contributed by atoms with Gasteiger partial charge in [-0.3, -0.25) is 4.79 Å². The molecule has 1 aliphatic heterocycles. The molecule has 24 heavy (non-hydrogen) atoms. The molecule has 0 unspecified atom stereocenters. The lowest BCUT2D eigenvalue weighted by atomic mass is 10.1. The molecule has 2 aromatic rings. The van der Waals surface area contributed by atoms with Crippen molar-refractivity contribution in [3.63, 3.8) is 0 Å². The fraction of sp³-hybridized carbons (Fsp3) is 0.353. The van der Waals surface area contributed by atoms with Crippen LogP contribution in [0.15, 0.2) is 36.7 Å². The number of hydrogen-bond acceptors (Lipinski definition) is 4. The van der Waals surface area contributed by atoms with Gasteiger partial charge in [0.25, 0.3) is 0 Å². The van der Waals surface area contributed by atoms with Crippen molar-refractivity contribution in [1.29, 1.82) is 0 Å². The maximum absolute atomic E-state index is 13.3. The summed E-state index contributed by atoms with van der Waals surface area (Å²) >= 11 is 0. The number of amides is 1. The average Bonchev–Trinajstić information content (AvgIpc) is 3.08. The van der Waals surface area contributed by atoms with Crippen molar-refractivity contribution < 1.29 is 13.6 Å². The molecule has 1 saturated heterocycles. The second kappa shape index (κ2) is 6.90. The molecule has 5 nitrogen and oxygen atoms in total. The molecule has 3 rings (SSSR count). The van der Waals surface area contributed by atoms with Crippen LogP contribution in [0.3, 0.4) is 0 Å². The van der Waals surface area contributed by atoms with Crippen LogP contribution in [0, 0.1) is 11.6 Å². The summed E-state index contributed by atoms with van der Waals surface area (Å²) in [7, 11) is 0. The maximum Gasteiger partial charge on any atom is 0.243 e. The van der Waals surface area contributed by atoms with Crippen molar-refractivity contribution >= 4 is 11.9 Å². The van der Waals surface area contributed by atoms with Gasteiger partial charge < -0.3 is 10.2 Å². The van der Waals surface area contributed by atoms with Gasteiger partial charge in [0.05, 0.1) is 6.04 Å². The molecule has 0 aliphatic carbocycles. The lowest BCUT2D eigenvalue weighted by molar-refractivity contribution is -0.122. The van der Waals surface area contributed by atoms with Gasteiger partial charge in [0.15, 0.2) is 11.6 Å². The van der Waals surface area contributed by atoms with Gasteiger partial charge in [-0.25, -0.2) is 18.7 Å². The van der Waals surface area contributed by atoms with Crippen molar-refractivity contribution in [3.05, 3.63) is 53.9 Å². The van der Waals surface area contributed by atoms with Crippen LogP contribution in [0.1, 0.15) is 31.4 Å². The van der Waals surface area contributed by atoms with E-state index in [0.717, 1.165) is 18.6 Å². The lowest BCUT2D eigenvalue weighted by Gasteiger charge is -2.25. The maximum atomic E-state index is 13.3.